The van der Waals surface area contributed by atoms with Gasteiger partial charge in [-0.1, -0.05) is 6.58 Å². The minimum absolute atomic E-state index is 0.0324. The van der Waals surface area contributed by atoms with Crippen LogP contribution in [0.3, 0.4) is 0 Å². The summed E-state index contributed by atoms with van der Waals surface area (Å²) in [7, 11) is 0. The van der Waals surface area contributed by atoms with Crippen molar-refractivity contribution in [3.8, 4) is 11.6 Å². The van der Waals surface area contributed by atoms with E-state index in [4.69, 9.17) is 14.5 Å². The van der Waals surface area contributed by atoms with E-state index in [-0.39, 0.29) is 23.4 Å². The monoisotopic (exact) mass is 448 g/mol. The normalized spacial score (nSPS) is 25.1. The number of aromatic nitrogens is 4. The van der Waals surface area contributed by atoms with Gasteiger partial charge in [0.2, 0.25) is 5.88 Å². The summed E-state index contributed by atoms with van der Waals surface area (Å²) in [4.78, 5) is 11.6. The van der Waals surface area contributed by atoms with Crippen molar-refractivity contribution in [1.29, 1.82) is 0 Å². The molecule has 2 fully saturated rings. The smallest absolute Gasteiger partial charge is 0.218 e. The van der Waals surface area contributed by atoms with Crippen LogP contribution in [0.1, 0.15) is 43.2 Å². The minimum Gasteiger partial charge on any atom is -0.483 e. The third-order valence-corrected chi connectivity index (χ3v) is 7.52. The summed E-state index contributed by atoms with van der Waals surface area (Å²) < 4.78 is 28.6. The summed E-state index contributed by atoms with van der Waals surface area (Å²) in [5.41, 5.74) is 3.16. The van der Waals surface area contributed by atoms with Crippen LogP contribution < -0.4 is 19.7 Å². The molecule has 8 nitrogen and oxygen atoms in total. The highest BCUT2D eigenvalue weighted by molar-refractivity contribution is 5.75. The lowest BCUT2D eigenvalue weighted by Gasteiger charge is -2.39. The van der Waals surface area contributed by atoms with Gasteiger partial charge in [-0.3, -0.25) is 0 Å². The van der Waals surface area contributed by atoms with Crippen LogP contribution in [-0.4, -0.2) is 44.9 Å². The Balaban J connectivity index is 1.41. The summed E-state index contributed by atoms with van der Waals surface area (Å²) in [5, 5.41) is 7.99. The van der Waals surface area contributed by atoms with Gasteiger partial charge in [0.05, 0.1) is 43.3 Å². The lowest BCUT2D eigenvalue weighted by Crippen LogP contribution is -2.47. The first-order chi connectivity index (χ1) is 16.1. The summed E-state index contributed by atoms with van der Waals surface area (Å²) in [6.07, 6.45) is 10.2. The standard InChI is InChI=1S/C24H25FN6O2/c1-14-17-9-28-31-11-20-22(29-21(17)31)30(18-3-2-4-19(18)33-20)10-15-7-16(25)8-26-23(15)32-13-24(5-6-24)12-27-14/h7-9,11,18-19,27H,1-6,10,12-13H2/t18-,19+/m1/s1. The molecule has 3 aromatic heterocycles. The number of pyridine rings is 1. The molecule has 33 heavy (non-hydrogen) atoms. The molecule has 0 radical (unpaired) electrons. The molecular formula is C24H25FN6O2. The molecule has 2 aliphatic carbocycles. The summed E-state index contributed by atoms with van der Waals surface area (Å²) in [6.45, 7) is 5.99. The molecule has 7 rings (SSSR count). The van der Waals surface area contributed by atoms with E-state index >= 15 is 0 Å². The number of halogens is 1. The second-order valence-electron chi connectivity index (χ2n) is 9.78. The highest BCUT2D eigenvalue weighted by Crippen LogP contribution is 2.46. The molecule has 2 saturated carbocycles. The minimum atomic E-state index is -0.365. The van der Waals surface area contributed by atoms with Crippen molar-refractivity contribution in [3.05, 3.63) is 48.2 Å². The third-order valence-electron chi connectivity index (χ3n) is 7.52. The lowest BCUT2D eigenvalue weighted by atomic mass is 10.1. The van der Waals surface area contributed by atoms with E-state index in [9.17, 15) is 4.39 Å². The van der Waals surface area contributed by atoms with Gasteiger partial charge in [-0.2, -0.15) is 5.10 Å². The molecule has 2 atom stereocenters. The molecule has 1 spiro atoms. The maximum absolute atomic E-state index is 14.3. The first kappa shape index (κ1) is 19.1. The Morgan fingerprint density at radius 1 is 1.24 bits per heavy atom. The van der Waals surface area contributed by atoms with Gasteiger partial charge >= 0.3 is 0 Å². The van der Waals surface area contributed by atoms with Gasteiger partial charge < -0.3 is 19.7 Å². The SMILES string of the molecule is C=C1NCC2(CC2)COc2ncc(F)cc2CN2c3nc4c1cnn4cc3O[C@H]1CCC[C@H]12. The lowest BCUT2D eigenvalue weighted by molar-refractivity contribution is 0.168. The molecule has 1 N–H and O–H groups in total. The number of anilines is 1. The zero-order chi connectivity index (χ0) is 22.2. The van der Waals surface area contributed by atoms with E-state index in [2.05, 4.69) is 26.9 Å². The second-order valence-corrected chi connectivity index (χ2v) is 9.78. The first-order valence-electron chi connectivity index (χ1n) is 11.6. The quantitative estimate of drug-likeness (QED) is 0.565. The molecule has 0 amide bonds. The Labute approximate surface area is 190 Å². The van der Waals surface area contributed by atoms with Gasteiger partial charge in [0, 0.05) is 23.2 Å². The van der Waals surface area contributed by atoms with E-state index < -0.39 is 0 Å². The topological polar surface area (TPSA) is 76.8 Å². The van der Waals surface area contributed by atoms with Crippen molar-refractivity contribution >= 4 is 17.2 Å². The number of hydrogen-bond acceptors (Lipinski definition) is 7. The molecule has 0 unspecified atom stereocenters. The number of ether oxygens (including phenoxy) is 2. The molecule has 5 heterocycles. The average Bonchev–Trinajstić information content (AvgIpc) is 3.21. The van der Waals surface area contributed by atoms with Gasteiger partial charge in [-0.25, -0.2) is 18.9 Å². The van der Waals surface area contributed by atoms with Crippen LogP contribution in [0.4, 0.5) is 10.2 Å². The number of rotatable bonds is 0. The maximum Gasteiger partial charge on any atom is 0.218 e. The predicted molar refractivity (Wildman–Crippen MR) is 120 cm³/mol. The highest BCUT2D eigenvalue weighted by atomic mass is 19.1. The molecule has 0 aromatic carbocycles. The Kier molecular flexibility index (Phi) is 3.96. The van der Waals surface area contributed by atoms with Gasteiger partial charge in [0.15, 0.2) is 17.2 Å². The van der Waals surface area contributed by atoms with Crippen LogP contribution >= 0.6 is 0 Å². The molecule has 9 heteroatoms. The molecule has 0 saturated heterocycles. The fraction of sp³-hybridized carbons (Fsp3) is 0.458. The van der Waals surface area contributed by atoms with E-state index in [1.807, 2.05) is 6.20 Å². The van der Waals surface area contributed by atoms with Gasteiger partial charge in [0.25, 0.3) is 0 Å². The summed E-state index contributed by atoms with van der Waals surface area (Å²) in [5.74, 6) is 1.56. The van der Waals surface area contributed by atoms with E-state index in [1.165, 1.54) is 12.3 Å². The van der Waals surface area contributed by atoms with Crippen molar-refractivity contribution < 1.29 is 13.9 Å². The van der Waals surface area contributed by atoms with E-state index in [0.717, 1.165) is 66.9 Å². The van der Waals surface area contributed by atoms with Crippen molar-refractivity contribution in [1.82, 2.24) is 24.9 Å². The summed E-state index contributed by atoms with van der Waals surface area (Å²) in [6, 6.07) is 1.70. The molecule has 4 aliphatic rings. The fourth-order valence-corrected chi connectivity index (χ4v) is 5.36. The molecule has 3 aromatic rings. The molecule has 2 aliphatic heterocycles. The van der Waals surface area contributed by atoms with Gasteiger partial charge in [-0.15, -0.1) is 0 Å². The van der Waals surface area contributed by atoms with Gasteiger partial charge in [-0.05, 0) is 38.2 Å². The van der Waals surface area contributed by atoms with Crippen LogP contribution in [0.25, 0.3) is 11.3 Å². The van der Waals surface area contributed by atoms with Crippen molar-refractivity contribution in [2.75, 3.05) is 18.1 Å². The predicted octanol–water partition coefficient (Wildman–Crippen LogP) is 3.32. The van der Waals surface area contributed by atoms with Crippen LogP contribution in [0, 0.1) is 11.2 Å². The van der Waals surface area contributed by atoms with E-state index in [1.54, 1.807) is 10.7 Å². The maximum atomic E-state index is 14.3. The number of nitrogens with one attached hydrogen (secondary N) is 1. The van der Waals surface area contributed by atoms with Crippen molar-refractivity contribution in [2.45, 2.75) is 50.8 Å². The molecule has 170 valence electrons. The van der Waals surface area contributed by atoms with E-state index in [0.29, 0.717) is 24.8 Å². The first-order valence-corrected chi connectivity index (χ1v) is 11.6. The molecular weight excluding hydrogens is 423 g/mol. The Hall–Kier alpha value is -3.36. The van der Waals surface area contributed by atoms with Crippen LogP contribution in [-0.2, 0) is 6.54 Å². The Bertz CT molecular complexity index is 1290. The van der Waals surface area contributed by atoms with Crippen molar-refractivity contribution in [2.24, 2.45) is 5.41 Å². The van der Waals surface area contributed by atoms with Crippen LogP contribution in [0.2, 0.25) is 0 Å². The number of hydrogen-bond donors (Lipinski definition) is 1. The zero-order valence-electron chi connectivity index (χ0n) is 18.3. The average molecular weight is 449 g/mol. The van der Waals surface area contributed by atoms with Crippen LogP contribution in [0.5, 0.6) is 11.6 Å². The molecule has 2 bridgehead atoms. The Morgan fingerprint density at radius 3 is 3.03 bits per heavy atom. The zero-order valence-corrected chi connectivity index (χ0v) is 18.3. The largest absolute Gasteiger partial charge is 0.483 e. The van der Waals surface area contributed by atoms with Gasteiger partial charge in [0.1, 0.15) is 11.9 Å². The van der Waals surface area contributed by atoms with Crippen LogP contribution in [0.15, 0.2) is 31.2 Å². The number of nitrogens with zero attached hydrogens (tertiary/aromatic N) is 5. The third kappa shape index (κ3) is 3.05. The highest BCUT2D eigenvalue weighted by Gasteiger charge is 2.44. The second kappa shape index (κ2) is 6.82. The fourth-order valence-electron chi connectivity index (χ4n) is 5.36. The Morgan fingerprint density at radius 2 is 2.15 bits per heavy atom. The number of fused-ring (bicyclic) bond motifs is 3. The summed E-state index contributed by atoms with van der Waals surface area (Å²) >= 11 is 0. The van der Waals surface area contributed by atoms with Crippen molar-refractivity contribution in [3.63, 3.8) is 0 Å².